The third-order valence-corrected chi connectivity index (χ3v) is 6.78. The van der Waals surface area contributed by atoms with Crippen LogP contribution in [0.3, 0.4) is 0 Å². The van der Waals surface area contributed by atoms with Crippen LogP contribution >= 0.6 is 0 Å². The maximum atomic E-state index is 13.2. The topological polar surface area (TPSA) is 86.8 Å². The smallest absolute Gasteiger partial charge is 0.242 e. The number of carbonyl (C=O) groups excluding carboxylic acids is 2. The van der Waals surface area contributed by atoms with Crippen LogP contribution in [-0.2, 0) is 26.0 Å². The average Bonchev–Trinajstić information content (AvgIpc) is 2.79. The molecule has 0 aliphatic heterocycles. The van der Waals surface area contributed by atoms with Crippen molar-refractivity contribution in [2.45, 2.75) is 45.6 Å². The predicted molar refractivity (Wildman–Crippen MR) is 133 cm³/mol. The number of rotatable bonds is 12. The molecule has 0 unspecified atom stereocenters. The molecule has 0 aliphatic rings. The van der Waals surface area contributed by atoms with E-state index in [1.807, 2.05) is 56.3 Å². The fourth-order valence-corrected chi connectivity index (χ4v) is 4.74. The monoisotopic (exact) mass is 473 g/mol. The number of aryl methyl sites for hydroxylation is 1. The highest BCUT2D eigenvalue weighted by molar-refractivity contribution is 7.92. The van der Waals surface area contributed by atoms with E-state index in [0.717, 1.165) is 11.1 Å². The van der Waals surface area contributed by atoms with Crippen LogP contribution in [0.2, 0.25) is 0 Å². The summed E-state index contributed by atoms with van der Waals surface area (Å²) in [5.41, 5.74) is 2.70. The van der Waals surface area contributed by atoms with Gasteiger partial charge in [0, 0.05) is 26.6 Å². The number of hydrogen-bond donors (Lipinski definition) is 1. The number of sulfonamides is 1. The van der Waals surface area contributed by atoms with Gasteiger partial charge in [-0.15, -0.1) is 0 Å². The van der Waals surface area contributed by atoms with Gasteiger partial charge in [0.25, 0.3) is 0 Å². The Morgan fingerprint density at radius 1 is 1.00 bits per heavy atom. The minimum absolute atomic E-state index is 0.153. The van der Waals surface area contributed by atoms with Crippen molar-refractivity contribution < 1.29 is 18.0 Å². The lowest BCUT2D eigenvalue weighted by atomic mass is 10.1. The fourth-order valence-electron chi connectivity index (χ4n) is 3.78. The molecule has 0 saturated heterocycles. The van der Waals surface area contributed by atoms with E-state index in [1.54, 1.807) is 24.1 Å². The first-order valence-electron chi connectivity index (χ1n) is 11.3. The molecule has 0 radical (unpaired) electrons. The third-order valence-electron chi connectivity index (χ3n) is 5.59. The van der Waals surface area contributed by atoms with Crippen LogP contribution < -0.4 is 9.62 Å². The van der Waals surface area contributed by atoms with E-state index in [4.69, 9.17) is 0 Å². The standard InChI is InChI=1S/C25H35N3O4S/c1-5-23(25(30)26-3)27(19-17-21-10-7-6-8-11-21)24(29)12-9-18-28(33(4,31)32)22-15-13-20(2)14-16-22/h6-8,10-11,13-16,23H,5,9,12,17-19H2,1-4H3,(H,26,30)/t23-/m1/s1. The number of benzene rings is 2. The van der Waals surface area contributed by atoms with Gasteiger partial charge in [0.2, 0.25) is 21.8 Å². The van der Waals surface area contributed by atoms with Gasteiger partial charge in [-0.2, -0.15) is 0 Å². The molecule has 2 amide bonds. The molecule has 1 N–H and O–H groups in total. The molecule has 0 spiro atoms. The summed E-state index contributed by atoms with van der Waals surface area (Å²) in [5, 5.41) is 2.65. The van der Waals surface area contributed by atoms with E-state index >= 15 is 0 Å². The van der Waals surface area contributed by atoms with Gasteiger partial charge in [-0.3, -0.25) is 13.9 Å². The van der Waals surface area contributed by atoms with Crippen LogP contribution in [0.4, 0.5) is 5.69 Å². The summed E-state index contributed by atoms with van der Waals surface area (Å²) in [5.74, 6) is -0.352. The number of hydrogen-bond acceptors (Lipinski definition) is 4. The van der Waals surface area contributed by atoms with Gasteiger partial charge in [-0.25, -0.2) is 8.42 Å². The van der Waals surface area contributed by atoms with Gasteiger partial charge in [0.15, 0.2) is 0 Å². The second-order valence-corrected chi connectivity index (χ2v) is 10.0. The van der Waals surface area contributed by atoms with Gasteiger partial charge in [0.1, 0.15) is 6.04 Å². The summed E-state index contributed by atoms with van der Waals surface area (Å²) < 4.78 is 26.0. The largest absolute Gasteiger partial charge is 0.357 e. The van der Waals surface area contributed by atoms with Crippen LogP contribution in [0.25, 0.3) is 0 Å². The molecule has 2 aromatic rings. The zero-order chi connectivity index (χ0) is 24.4. The number of nitrogens with one attached hydrogen (secondary N) is 1. The number of likely N-dealkylation sites (N-methyl/N-ethyl adjacent to an activating group) is 1. The van der Waals surface area contributed by atoms with Gasteiger partial charge in [-0.05, 0) is 43.9 Å². The van der Waals surface area contributed by atoms with Crippen molar-refractivity contribution in [2.24, 2.45) is 0 Å². The van der Waals surface area contributed by atoms with E-state index < -0.39 is 16.1 Å². The van der Waals surface area contributed by atoms with Crippen molar-refractivity contribution in [3.63, 3.8) is 0 Å². The summed E-state index contributed by atoms with van der Waals surface area (Å²) >= 11 is 0. The summed E-state index contributed by atoms with van der Waals surface area (Å²) in [6, 6.07) is 16.5. The number of carbonyl (C=O) groups is 2. The Hall–Kier alpha value is -2.87. The second-order valence-electron chi connectivity index (χ2n) is 8.14. The normalized spacial score (nSPS) is 12.1. The van der Waals surface area contributed by atoms with Crippen molar-refractivity contribution in [3.8, 4) is 0 Å². The molecule has 1 atom stereocenters. The molecule has 33 heavy (non-hydrogen) atoms. The molecule has 0 fully saturated rings. The molecule has 0 heterocycles. The first-order chi connectivity index (χ1) is 15.7. The lowest BCUT2D eigenvalue weighted by Gasteiger charge is -2.30. The van der Waals surface area contributed by atoms with Crippen LogP contribution in [0, 0.1) is 6.92 Å². The first kappa shape index (κ1) is 26.4. The van der Waals surface area contributed by atoms with E-state index in [0.29, 0.717) is 31.5 Å². The van der Waals surface area contributed by atoms with Crippen molar-refractivity contribution in [1.29, 1.82) is 0 Å². The SMILES string of the molecule is CC[C@H](C(=O)NC)N(CCc1ccccc1)C(=O)CCCN(c1ccc(C)cc1)S(C)(=O)=O. The Morgan fingerprint density at radius 3 is 2.18 bits per heavy atom. The van der Waals surface area contributed by atoms with Crippen molar-refractivity contribution in [1.82, 2.24) is 10.2 Å². The molecule has 0 aliphatic carbocycles. The van der Waals surface area contributed by atoms with Crippen LogP contribution in [0.5, 0.6) is 0 Å². The van der Waals surface area contributed by atoms with Crippen molar-refractivity contribution >= 4 is 27.5 Å². The van der Waals surface area contributed by atoms with E-state index in [9.17, 15) is 18.0 Å². The summed E-state index contributed by atoms with van der Waals surface area (Å²) in [6.07, 6.45) is 2.81. The zero-order valence-corrected chi connectivity index (χ0v) is 20.8. The Morgan fingerprint density at radius 2 is 1.64 bits per heavy atom. The Kier molecular flexibility index (Phi) is 9.91. The molecule has 0 saturated carbocycles. The van der Waals surface area contributed by atoms with Crippen LogP contribution in [0.15, 0.2) is 54.6 Å². The Balaban J connectivity index is 2.11. The minimum Gasteiger partial charge on any atom is -0.357 e. The molecule has 2 aromatic carbocycles. The van der Waals surface area contributed by atoms with E-state index in [2.05, 4.69) is 5.32 Å². The molecule has 0 bridgehead atoms. The van der Waals surface area contributed by atoms with E-state index in [1.165, 1.54) is 10.6 Å². The highest BCUT2D eigenvalue weighted by atomic mass is 32.2. The maximum absolute atomic E-state index is 13.2. The number of anilines is 1. The van der Waals surface area contributed by atoms with Gasteiger partial charge >= 0.3 is 0 Å². The first-order valence-corrected chi connectivity index (χ1v) is 13.1. The van der Waals surface area contributed by atoms with Crippen LogP contribution in [0.1, 0.15) is 37.3 Å². The minimum atomic E-state index is -3.49. The third kappa shape index (κ3) is 7.89. The van der Waals surface area contributed by atoms with Gasteiger partial charge < -0.3 is 10.2 Å². The Bertz CT molecular complexity index is 1010. The Labute approximate surface area is 197 Å². The second kappa shape index (κ2) is 12.4. The number of nitrogens with zero attached hydrogens (tertiary/aromatic N) is 2. The lowest BCUT2D eigenvalue weighted by Crippen LogP contribution is -2.49. The highest BCUT2D eigenvalue weighted by Gasteiger charge is 2.27. The quantitative estimate of drug-likeness (QED) is 0.513. The maximum Gasteiger partial charge on any atom is 0.242 e. The highest BCUT2D eigenvalue weighted by Crippen LogP contribution is 2.19. The summed E-state index contributed by atoms with van der Waals surface area (Å²) in [7, 11) is -1.92. The zero-order valence-electron chi connectivity index (χ0n) is 20.0. The lowest BCUT2D eigenvalue weighted by molar-refractivity contribution is -0.140. The van der Waals surface area contributed by atoms with Crippen LogP contribution in [-0.4, -0.2) is 57.6 Å². The molecule has 7 nitrogen and oxygen atoms in total. The molecular weight excluding hydrogens is 438 g/mol. The summed E-state index contributed by atoms with van der Waals surface area (Å²) in [6.45, 7) is 4.43. The molecule has 2 rings (SSSR count). The van der Waals surface area contributed by atoms with Gasteiger partial charge in [-0.1, -0.05) is 55.0 Å². The molecular formula is C25H35N3O4S. The molecule has 8 heteroatoms. The predicted octanol–water partition coefficient (Wildman–Crippen LogP) is 3.14. The molecule has 180 valence electrons. The van der Waals surface area contributed by atoms with E-state index in [-0.39, 0.29) is 24.8 Å². The van der Waals surface area contributed by atoms with Crippen molar-refractivity contribution in [3.05, 3.63) is 65.7 Å². The summed E-state index contributed by atoms with van der Waals surface area (Å²) in [4.78, 5) is 27.2. The number of amides is 2. The fraction of sp³-hybridized carbons (Fsp3) is 0.440. The van der Waals surface area contributed by atoms with Gasteiger partial charge in [0.05, 0.1) is 11.9 Å². The van der Waals surface area contributed by atoms with Crippen molar-refractivity contribution in [2.75, 3.05) is 30.7 Å². The molecule has 0 aromatic heterocycles. The average molecular weight is 474 g/mol.